The first-order valence-corrected chi connectivity index (χ1v) is 9.49. The van der Waals surface area contributed by atoms with Crippen molar-refractivity contribution in [1.29, 1.82) is 0 Å². The maximum Gasteiger partial charge on any atom is 0.333 e. The normalized spacial score (nSPS) is 13.0. The minimum absolute atomic E-state index is 0.0371. The van der Waals surface area contributed by atoms with Gasteiger partial charge in [0.2, 0.25) is 0 Å². The summed E-state index contributed by atoms with van der Waals surface area (Å²) in [5, 5.41) is 0. The molecule has 0 aromatic rings. The highest BCUT2D eigenvalue weighted by molar-refractivity contribution is 9.22. The van der Waals surface area contributed by atoms with Crippen molar-refractivity contribution in [3.8, 4) is 0 Å². The lowest BCUT2D eigenvalue weighted by Crippen LogP contribution is -2.02. The molecule has 86 valence electrons. The van der Waals surface area contributed by atoms with Crippen LogP contribution in [0.5, 0.6) is 0 Å². The smallest absolute Gasteiger partial charge is 0.262 e. The molecule has 0 aromatic carbocycles. The summed E-state index contributed by atoms with van der Waals surface area (Å²) in [5.41, 5.74) is 0. The molecular weight excluding hydrogens is 272 g/mol. The van der Waals surface area contributed by atoms with Gasteiger partial charge < -0.3 is 0 Å². The summed E-state index contributed by atoms with van der Waals surface area (Å²) >= 11 is 0. The molecule has 0 unspecified atom stereocenters. The van der Waals surface area contributed by atoms with Gasteiger partial charge in [0.25, 0.3) is 0 Å². The van der Waals surface area contributed by atoms with Crippen molar-refractivity contribution >= 4 is 38.0 Å². The average Bonchev–Trinajstić information content (AvgIpc) is 2.01. The summed E-state index contributed by atoms with van der Waals surface area (Å²) < 4.78 is 52.1. The Bertz CT molecular complexity index is 306. The van der Waals surface area contributed by atoms with Gasteiger partial charge in [-0.1, -0.05) is 0 Å². The topological polar surface area (TPSA) is 86.7 Å². The van der Waals surface area contributed by atoms with Crippen LogP contribution < -0.4 is 0 Å². The molecule has 0 N–H and O–H groups in total. The fourth-order valence-electron chi connectivity index (χ4n) is 0.396. The quantitative estimate of drug-likeness (QED) is 0.637. The Morgan fingerprint density at radius 2 is 1.14 bits per heavy atom. The summed E-state index contributed by atoms with van der Waals surface area (Å²) in [6, 6.07) is 0. The monoisotopic (exact) mass is 282 g/mol. The number of rotatable bonds is 7. The van der Waals surface area contributed by atoms with Crippen LogP contribution in [0.1, 0.15) is 13.8 Å². The van der Waals surface area contributed by atoms with Crippen LogP contribution in [0.25, 0.3) is 0 Å². The summed E-state index contributed by atoms with van der Waals surface area (Å²) in [5.74, 6) is 0. The Labute approximate surface area is 90.2 Å². The molecule has 0 bridgehead atoms. The lowest BCUT2D eigenvalue weighted by atomic mass is 10.9. The first kappa shape index (κ1) is 14.5. The Balaban J connectivity index is 4.19. The van der Waals surface area contributed by atoms with Crippen molar-refractivity contribution in [1.82, 2.24) is 0 Å². The zero-order valence-corrected chi connectivity index (χ0v) is 10.8. The molecule has 0 aromatic heterocycles. The Morgan fingerprint density at radius 3 is 1.36 bits per heavy atom. The van der Waals surface area contributed by atoms with Crippen LogP contribution in [0, 0.1) is 0 Å². The van der Waals surface area contributed by atoms with Crippen molar-refractivity contribution < 1.29 is 25.2 Å². The predicted octanol–water partition coefficient (Wildman–Crippen LogP) is 0.930. The van der Waals surface area contributed by atoms with Gasteiger partial charge in [0.15, 0.2) is 0 Å². The molecule has 0 fully saturated rings. The first-order valence-electron chi connectivity index (χ1n) is 3.49. The zero-order chi connectivity index (χ0) is 11.2. The van der Waals surface area contributed by atoms with E-state index in [1.807, 2.05) is 0 Å². The molecule has 0 aliphatic carbocycles. The summed E-state index contributed by atoms with van der Waals surface area (Å²) in [6.45, 7) is 2.90. The standard InChI is InChI=1S/C4H10O6S4/c1-3-9-13(5,6)11-12-14(7,8)10-4-2/h3-4H2,1-2H3. The highest BCUT2D eigenvalue weighted by Gasteiger charge is 2.20. The van der Waals surface area contributed by atoms with E-state index in [1.165, 1.54) is 13.8 Å². The molecule has 0 saturated heterocycles. The Hall–Kier alpha value is 0.520. The van der Waals surface area contributed by atoms with Crippen LogP contribution >= 0.6 is 19.7 Å². The molecule has 6 nitrogen and oxygen atoms in total. The van der Waals surface area contributed by atoms with Gasteiger partial charge in [-0.05, 0) is 13.8 Å². The van der Waals surface area contributed by atoms with Crippen molar-refractivity contribution in [3.05, 3.63) is 0 Å². The molecule has 0 saturated carbocycles. The van der Waals surface area contributed by atoms with Crippen LogP contribution in [0.3, 0.4) is 0 Å². The zero-order valence-electron chi connectivity index (χ0n) is 7.50. The molecule has 0 radical (unpaired) electrons. The SMILES string of the molecule is CCOS(=O)(=O)SSS(=O)(=O)OCC. The summed E-state index contributed by atoms with van der Waals surface area (Å²) in [4.78, 5) is 0. The van der Waals surface area contributed by atoms with E-state index in [1.54, 1.807) is 0 Å². The molecule has 0 aliphatic rings. The molecule has 0 heterocycles. The second kappa shape index (κ2) is 6.18. The van der Waals surface area contributed by atoms with Gasteiger partial charge in [-0.25, -0.2) is 0 Å². The fourth-order valence-corrected chi connectivity index (χ4v) is 8.02. The molecule has 0 aliphatic heterocycles. The molecule has 14 heavy (non-hydrogen) atoms. The summed E-state index contributed by atoms with van der Waals surface area (Å²) in [6.07, 6.45) is 0. The third-order valence-electron chi connectivity index (χ3n) is 0.719. The number of hydrogen-bond acceptors (Lipinski definition) is 8. The maximum absolute atomic E-state index is 10.9. The van der Waals surface area contributed by atoms with E-state index in [0.29, 0.717) is 0 Å². The third kappa shape index (κ3) is 6.90. The van der Waals surface area contributed by atoms with E-state index in [0.717, 1.165) is 0 Å². The van der Waals surface area contributed by atoms with Crippen molar-refractivity contribution in [2.24, 2.45) is 0 Å². The lowest BCUT2D eigenvalue weighted by molar-refractivity contribution is 0.349. The minimum atomic E-state index is -3.86. The van der Waals surface area contributed by atoms with Gasteiger partial charge >= 0.3 is 18.3 Å². The molecule has 0 atom stereocenters. The van der Waals surface area contributed by atoms with E-state index in [-0.39, 0.29) is 32.9 Å². The van der Waals surface area contributed by atoms with E-state index < -0.39 is 18.3 Å². The molecule has 0 amide bonds. The second-order valence-electron chi connectivity index (χ2n) is 1.77. The molecule has 10 heteroatoms. The number of hydrogen-bond donors (Lipinski definition) is 0. The van der Waals surface area contributed by atoms with E-state index in [9.17, 15) is 16.8 Å². The van der Waals surface area contributed by atoms with Crippen LogP contribution in [0.2, 0.25) is 0 Å². The van der Waals surface area contributed by atoms with Crippen molar-refractivity contribution in [3.63, 3.8) is 0 Å². The van der Waals surface area contributed by atoms with Crippen molar-refractivity contribution in [2.75, 3.05) is 13.2 Å². The van der Waals surface area contributed by atoms with Gasteiger partial charge in [-0.3, -0.25) is 8.37 Å². The largest absolute Gasteiger partial charge is 0.333 e. The van der Waals surface area contributed by atoms with E-state index >= 15 is 0 Å². The van der Waals surface area contributed by atoms with Crippen LogP contribution in [-0.2, 0) is 26.7 Å². The first-order chi connectivity index (χ1) is 6.33. The highest BCUT2D eigenvalue weighted by Crippen LogP contribution is 2.34. The van der Waals surface area contributed by atoms with Gasteiger partial charge in [-0.15, -0.1) is 0 Å². The van der Waals surface area contributed by atoms with Crippen LogP contribution in [0.15, 0.2) is 0 Å². The molecule has 0 spiro atoms. The average molecular weight is 282 g/mol. The second-order valence-corrected chi connectivity index (χ2v) is 9.86. The molecule has 0 rings (SSSR count). The van der Waals surface area contributed by atoms with E-state index in [2.05, 4.69) is 8.37 Å². The summed E-state index contributed by atoms with van der Waals surface area (Å²) in [7, 11) is -7.52. The van der Waals surface area contributed by atoms with Crippen LogP contribution in [0.4, 0.5) is 0 Å². The predicted molar refractivity (Wildman–Crippen MR) is 56.3 cm³/mol. The third-order valence-corrected chi connectivity index (χ3v) is 8.90. The van der Waals surface area contributed by atoms with Gasteiger partial charge in [0, 0.05) is 0 Å². The van der Waals surface area contributed by atoms with Gasteiger partial charge in [0.05, 0.1) is 32.9 Å². The van der Waals surface area contributed by atoms with Crippen molar-refractivity contribution in [2.45, 2.75) is 13.8 Å². The Morgan fingerprint density at radius 1 is 0.857 bits per heavy atom. The van der Waals surface area contributed by atoms with Gasteiger partial charge in [0.1, 0.15) is 0 Å². The maximum atomic E-state index is 10.9. The molecular formula is C4H10O6S4. The fraction of sp³-hybridized carbons (Fsp3) is 1.00. The van der Waals surface area contributed by atoms with Gasteiger partial charge in [-0.2, -0.15) is 16.8 Å². The highest BCUT2D eigenvalue weighted by atomic mass is 33.7. The lowest BCUT2D eigenvalue weighted by Gasteiger charge is -2.01. The van der Waals surface area contributed by atoms with Crippen LogP contribution in [-0.4, -0.2) is 30.0 Å². The minimum Gasteiger partial charge on any atom is -0.262 e. The van der Waals surface area contributed by atoms with E-state index in [4.69, 9.17) is 0 Å². The Kier molecular flexibility index (Phi) is 6.41.